The average molecular weight is 337 g/mol. The number of furan rings is 1. The monoisotopic (exact) mass is 336 g/mol. The van der Waals surface area contributed by atoms with Crippen LogP contribution in [0.15, 0.2) is 20.0 Å². The molecule has 0 atom stereocenters. The highest BCUT2D eigenvalue weighted by Crippen LogP contribution is 2.31. The molecule has 2 rings (SSSR count). The molecule has 1 aromatic heterocycles. The molecule has 1 saturated carbocycles. The van der Waals surface area contributed by atoms with Crippen LogP contribution in [0.5, 0.6) is 0 Å². The van der Waals surface area contributed by atoms with Gasteiger partial charge in [0.05, 0.1) is 0 Å². The summed E-state index contributed by atoms with van der Waals surface area (Å²) in [7, 11) is -3.89. The summed E-state index contributed by atoms with van der Waals surface area (Å²) in [6, 6.07) is 1.12. The van der Waals surface area contributed by atoms with Gasteiger partial charge < -0.3 is 9.73 Å². The lowest BCUT2D eigenvalue weighted by Gasteiger charge is -2.00. The van der Waals surface area contributed by atoms with Crippen LogP contribution in [0, 0.1) is 5.92 Å². The minimum Gasteiger partial charge on any atom is -0.443 e. The van der Waals surface area contributed by atoms with Crippen LogP contribution in [-0.2, 0) is 10.0 Å². The first-order chi connectivity index (χ1) is 8.38. The molecule has 0 bridgehead atoms. The molecule has 1 heterocycles. The van der Waals surface area contributed by atoms with Crippen molar-refractivity contribution < 1.29 is 17.6 Å². The number of carbonyl (C=O) groups is 1. The Morgan fingerprint density at radius 1 is 1.56 bits per heavy atom. The summed E-state index contributed by atoms with van der Waals surface area (Å²) >= 11 is 2.92. The maximum absolute atomic E-state index is 11.7. The van der Waals surface area contributed by atoms with E-state index in [9.17, 15) is 13.2 Å². The summed E-state index contributed by atoms with van der Waals surface area (Å²) in [5, 5.41) is 7.64. The first-order valence-corrected chi connectivity index (χ1v) is 7.82. The second kappa shape index (κ2) is 5.02. The van der Waals surface area contributed by atoms with Gasteiger partial charge in [-0.25, -0.2) is 13.6 Å². The van der Waals surface area contributed by atoms with Crippen LogP contribution < -0.4 is 10.5 Å². The smallest absolute Gasteiger partial charge is 0.287 e. The zero-order valence-corrected chi connectivity index (χ0v) is 11.9. The van der Waals surface area contributed by atoms with Crippen molar-refractivity contribution in [3.8, 4) is 0 Å². The lowest BCUT2D eigenvalue weighted by Crippen LogP contribution is -2.24. The maximum atomic E-state index is 11.7. The third-order valence-corrected chi connectivity index (χ3v) is 4.49. The average Bonchev–Trinajstić information content (AvgIpc) is 2.98. The van der Waals surface area contributed by atoms with Crippen molar-refractivity contribution in [1.29, 1.82) is 0 Å². The Hall–Kier alpha value is -0.860. The molecule has 0 saturated heterocycles. The molecule has 0 aliphatic heterocycles. The third kappa shape index (κ3) is 3.33. The summed E-state index contributed by atoms with van der Waals surface area (Å²) in [5.74, 6) is 0.210. The fraction of sp³-hybridized carbons (Fsp3) is 0.500. The molecule has 1 amide bonds. The zero-order valence-electron chi connectivity index (χ0n) is 9.48. The molecule has 0 radical (unpaired) electrons. The number of halogens is 1. The van der Waals surface area contributed by atoms with Crippen molar-refractivity contribution in [2.75, 3.05) is 6.54 Å². The van der Waals surface area contributed by atoms with E-state index in [0.717, 1.165) is 12.5 Å². The molecular formula is C10H13BrN2O4S. The van der Waals surface area contributed by atoms with Crippen molar-refractivity contribution >= 4 is 31.9 Å². The predicted octanol–water partition coefficient (Wildman–Crippen LogP) is 1.22. The van der Waals surface area contributed by atoms with Gasteiger partial charge in [0.15, 0.2) is 10.4 Å². The molecule has 0 unspecified atom stereocenters. The molecule has 100 valence electrons. The Kier molecular flexibility index (Phi) is 3.79. The Morgan fingerprint density at radius 3 is 2.72 bits per heavy atom. The van der Waals surface area contributed by atoms with Crippen LogP contribution in [0.4, 0.5) is 0 Å². The Morgan fingerprint density at radius 2 is 2.22 bits per heavy atom. The summed E-state index contributed by atoms with van der Waals surface area (Å²) in [5.41, 5.74) is 0. The van der Waals surface area contributed by atoms with Gasteiger partial charge in [-0.1, -0.05) is 12.8 Å². The van der Waals surface area contributed by atoms with Gasteiger partial charge in [0.2, 0.25) is 10.0 Å². The zero-order chi connectivity index (χ0) is 13.3. The fourth-order valence-electron chi connectivity index (χ4n) is 1.54. The number of carbonyl (C=O) groups excluding carboxylic acids is 1. The highest BCUT2D eigenvalue weighted by atomic mass is 79.9. The van der Waals surface area contributed by atoms with Crippen molar-refractivity contribution in [3.05, 3.63) is 16.5 Å². The van der Waals surface area contributed by atoms with Gasteiger partial charge >= 0.3 is 0 Å². The van der Waals surface area contributed by atoms with Crippen LogP contribution in [0.3, 0.4) is 0 Å². The lowest BCUT2D eigenvalue weighted by molar-refractivity contribution is 0.0923. The van der Waals surface area contributed by atoms with Gasteiger partial charge in [0, 0.05) is 12.6 Å². The minimum atomic E-state index is -3.89. The van der Waals surface area contributed by atoms with Crippen LogP contribution in [0.25, 0.3) is 0 Å². The SMILES string of the molecule is NS(=O)(=O)c1cc(C(=O)NCCC2CC2)oc1Br. The molecule has 1 aliphatic rings. The molecule has 18 heavy (non-hydrogen) atoms. The van der Waals surface area contributed by atoms with E-state index in [1.807, 2.05) is 0 Å². The second-order valence-corrected chi connectivity index (χ2v) is 6.53. The fourth-order valence-corrected chi connectivity index (χ4v) is 3.04. The molecule has 6 nitrogen and oxygen atoms in total. The summed E-state index contributed by atoms with van der Waals surface area (Å²) in [6.07, 6.45) is 3.38. The highest BCUT2D eigenvalue weighted by Gasteiger charge is 2.23. The molecule has 1 fully saturated rings. The quantitative estimate of drug-likeness (QED) is 0.843. The van der Waals surface area contributed by atoms with Crippen molar-refractivity contribution in [1.82, 2.24) is 5.32 Å². The number of nitrogens with two attached hydrogens (primary N) is 1. The topological polar surface area (TPSA) is 102 Å². The van der Waals surface area contributed by atoms with E-state index in [1.165, 1.54) is 12.8 Å². The minimum absolute atomic E-state index is 0.0580. The van der Waals surface area contributed by atoms with Gasteiger partial charge in [-0.15, -0.1) is 0 Å². The first-order valence-electron chi connectivity index (χ1n) is 5.48. The van der Waals surface area contributed by atoms with Crippen molar-refractivity contribution in [2.24, 2.45) is 11.1 Å². The van der Waals surface area contributed by atoms with Gasteiger partial charge in [-0.05, 0) is 28.3 Å². The Balaban J connectivity index is 2.01. The highest BCUT2D eigenvalue weighted by molar-refractivity contribution is 9.10. The van der Waals surface area contributed by atoms with E-state index >= 15 is 0 Å². The predicted molar refractivity (Wildman–Crippen MR) is 67.5 cm³/mol. The van der Waals surface area contributed by atoms with E-state index in [1.54, 1.807) is 0 Å². The number of nitrogens with one attached hydrogen (secondary N) is 1. The van der Waals surface area contributed by atoms with Crippen LogP contribution in [-0.4, -0.2) is 20.9 Å². The van der Waals surface area contributed by atoms with Gasteiger partial charge in [-0.3, -0.25) is 4.79 Å². The number of amides is 1. The molecule has 3 N–H and O–H groups in total. The molecule has 0 aromatic carbocycles. The summed E-state index contributed by atoms with van der Waals surface area (Å²) in [6.45, 7) is 0.562. The standard InChI is InChI=1S/C10H13BrN2O4S/c11-9-8(18(12,15)16)5-7(17-9)10(14)13-4-3-6-1-2-6/h5-6H,1-4H2,(H,13,14)(H2,12,15,16). The van der Waals surface area contributed by atoms with E-state index in [2.05, 4.69) is 21.2 Å². The van der Waals surface area contributed by atoms with Crippen LogP contribution in [0.1, 0.15) is 29.8 Å². The van der Waals surface area contributed by atoms with Gasteiger partial charge in [0.25, 0.3) is 5.91 Å². The first kappa shape index (κ1) is 13.6. The Labute approximate surface area is 113 Å². The number of rotatable bonds is 5. The number of hydrogen-bond acceptors (Lipinski definition) is 4. The number of hydrogen-bond donors (Lipinski definition) is 2. The molecule has 8 heteroatoms. The van der Waals surface area contributed by atoms with E-state index < -0.39 is 15.9 Å². The number of primary sulfonamides is 1. The summed E-state index contributed by atoms with van der Waals surface area (Å²) in [4.78, 5) is 11.5. The van der Waals surface area contributed by atoms with Crippen LogP contribution in [0.2, 0.25) is 0 Å². The Bertz CT molecular complexity index is 562. The van der Waals surface area contributed by atoms with Crippen molar-refractivity contribution in [2.45, 2.75) is 24.2 Å². The van der Waals surface area contributed by atoms with Crippen molar-refractivity contribution in [3.63, 3.8) is 0 Å². The molecular weight excluding hydrogens is 324 g/mol. The van der Waals surface area contributed by atoms with Gasteiger partial charge in [0.1, 0.15) is 4.90 Å². The van der Waals surface area contributed by atoms with Gasteiger partial charge in [-0.2, -0.15) is 0 Å². The second-order valence-electron chi connectivity index (χ2n) is 4.28. The van der Waals surface area contributed by atoms with E-state index in [0.29, 0.717) is 12.5 Å². The molecule has 1 aromatic rings. The number of sulfonamides is 1. The molecule has 0 spiro atoms. The summed E-state index contributed by atoms with van der Waals surface area (Å²) < 4.78 is 27.3. The lowest BCUT2D eigenvalue weighted by atomic mass is 10.3. The maximum Gasteiger partial charge on any atom is 0.287 e. The third-order valence-electron chi connectivity index (χ3n) is 2.72. The van der Waals surface area contributed by atoms with E-state index in [-0.39, 0.29) is 15.3 Å². The largest absolute Gasteiger partial charge is 0.443 e. The van der Waals surface area contributed by atoms with Crippen LogP contribution >= 0.6 is 15.9 Å². The molecule has 1 aliphatic carbocycles. The normalized spacial score (nSPS) is 15.7. The van der Waals surface area contributed by atoms with E-state index in [4.69, 9.17) is 9.56 Å².